The van der Waals surface area contributed by atoms with Crippen LogP contribution in [0.3, 0.4) is 0 Å². The Kier molecular flexibility index (Phi) is 7.45. The maximum absolute atomic E-state index is 13.0. The summed E-state index contributed by atoms with van der Waals surface area (Å²) in [7, 11) is 5.97. The molecule has 2 heterocycles. The molecule has 0 aliphatic carbocycles. The Hall–Kier alpha value is -3.64. The summed E-state index contributed by atoms with van der Waals surface area (Å²) in [6, 6.07) is 12.3. The number of aromatic nitrogens is 4. The number of amides is 1. The summed E-state index contributed by atoms with van der Waals surface area (Å²) in [5, 5.41) is 3.26. The molecular formula is C24H22BrN5O5S. The van der Waals surface area contributed by atoms with Crippen LogP contribution in [0.5, 0.6) is 11.5 Å². The van der Waals surface area contributed by atoms with E-state index in [2.05, 4.69) is 31.2 Å². The number of hydrogen-bond acceptors (Lipinski definition) is 8. The fraction of sp³-hybridized carbons (Fsp3) is 0.208. The molecule has 1 N–H and O–H groups in total. The van der Waals surface area contributed by atoms with Crippen molar-refractivity contribution in [3.8, 4) is 22.9 Å². The highest BCUT2D eigenvalue weighted by molar-refractivity contribution is 9.10. The summed E-state index contributed by atoms with van der Waals surface area (Å²) in [5.41, 5.74) is 0.333. The van der Waals surface area contributed by atoms with Gasteiger partial charge in [0.25, 0.3) is 5.56 Å². The number of thioether (sulfide) groups is 1. The predicted molar refractivity (Wildman–Crippen MR) is 142 cm³/mol. The summed E-state index contributed by atoms with van der Waals surface area (Å²) in [6.45, 7) is 0. The molecule has 0 bridgehead atoms. The van der Waals surface area contributed by atoms with Crippen LogP contribution in [0.4, 0.5) is 5.69 Å². The molecule has 186 valence electrons. The van der Waals surface area contributed by atoms with E-state index in [9.17, 15) is 14.4 Å². The van der Waals surface area contributed by atoms with Gasteiger partial charge in [-0.2, -0.15) is 0 Å². The molecule has 0 fully saturated rings. The Labute approximate surface area is 218 Å². The van der Waals surface area contributed by atoms with Crippen LogP contribution in [0.25, 0.3) is 22.4 Å². The van der Waals surface area contributed by atoms with Gasteiger partial charge >= 0.3 is 5.69 Å². The maximum atomic E-state index is 13.0. The number of carbonyl (C=O) groups excluding carboxylic acids is 1. The molecule has 0 aliphatic rings. The smallest absolute Gasteiger partial charge is 0.332 e. The molecule has 0 spiro atoms. The number of methoxy groups -OCH3 is 2. The van der Waals surface area contributed by atoms with Crippen LogP contribution in [0, 0.1) is 0 Å². The van der Waals surface area contributed by atoms with Crippen LogP contribution in [0.2, 0.25) is 0 Å². The van der Waals surface area contributed by atoms with Crippen molar-refractivity contribution in [2.24, 2.45) is 14.1 Å². The molecule has 0 unspecified atom stereocenters. The van der Waals surface area contributed by atoms with Crippen LogP contribution in [0.1, 0.15) is 0 Å². The molecule has 4 rings (SSSR count). The number of anilines is 1. The number of halogens is 1. The van der Waals surface area contributed by atoms with E-state index < -0.39 is 11.2 Å². The molecule has 0 saturated heterocycles. The highest BCUT2D eigenvalue weighted by Crippen LogP contribution is 2.33. The number of nitrogens with zero attached hydrogens (tertiary/aromatic N) is 4. The van der Waals surface area contributed by atoms with E-state index in [0.717, 1.165) is 20.8 Å². The van der Waals surface area contributed by atoms with Crippen LogP contribution in [-0.4, -0.2) is 45.0 Å². The summed E-state index contributed by atoms with van der Waals surface area (Å²) >= 11 is 4.45. The van der Waals surface area contributed by atoms with Gasteiger partial charge in [0.05, 0.1) is 20.0 Å². The highest BCUT2D eigenvalue weighted by atomic mass is 79.9. The van der Waals surface area contributed by atoms with E-state index in [1.165, 1.54) is 32.9 Å². The first-order valence-corrected chi connectivity index (χ1v) is 12.4. The number of carbonyl (C=O) groups is 1. The molecule has 0 aliphatic heterocycles. The van der Waals surface area contributed by atoms with Crippen molar-refractivity contribution in [3.63, 3.8) is 0 Å². The lowest BCUT2D eigenvalue weighted by molar-refractivity contribution is -0.113. The second-order valence-corrected chi connectivity index (χ2v) is 9.55. The Balaban J connectivity index is 1.78. The third-order valence-electron chi connectivity index (χ3n) is 5.38. The van der Waals surface area contributed by atoms with Crippen molar-refractivity contribution in [3.05, 3.63) is 67.8 Å². The molecule has 0 radical (unpaired) electrons. The van der Waals surface area contributed by atoms with Gasteiger partial charge in [0.1, 0.15) is 10.4 Å². The largest absolute Gasteiger partial charge is 0.493 e. The van der Waals surface area contributed by atoms with Gasteiger partial charge in [-0.05, 0) is 42.5 Å². The van der Waals surface area contributed by atoms with E-state index in [-0.39, 0.29) is 33.5 Å². The lowest BCUT2D eigenvalue weighted by atomic mass is 10.2. The van der Waals surface area contributed by atoms with Crippen LogP contribution >= 0.6 is 27.7 Å². The third-order valence-corrected chi connectivity index (χ3v) is 6.88. The zero-order valence-electron chi connectivity index (χ0n) is 19.9. The summed E-state index contributed by atoms with van der Waals surface area (Å²) in [5.74, 6) is 0.979. The number of benzene rings is 2. The summed E-state index contributed by atoms with van der Waals surface area (Å²) < 4.78 is 13.9. The highest BCUT2D eigenvalue weighted by Gasteiger charge is 2.20. The van der Waals surface area contributed by atoms with E-state index in [1.54, 1.807) is 30.3 Å². The van der Waals surface area contributed by atoms with Gasteiger partial charge in [-0.15, -0.1) is 0 Å². The number of nitrogens with one attached hydrogen (secondary N) is 1. The molecule has 36 heavy (non-hydrogen) atoms. The van der Waals surface area contributed by atoms with Crippen LogP contribution < -0.4 is 26.0 Å². The van der Waals surface area contributed by atoms with Crippen molar-refractivity contribution < 1.29 is 14.3 Å². The van der Waals surface area contributed by atoms with Gasteiger partial charge in [0.15, 0.2) is 23.0 Å². The minimum atomic E-state index is -0.539. The fourth-order valence-electron chi connectivity index (χ4n) is 3.50. The van der Waals surface area contributed by atoms with E-state index in [0.29, 0.717) is 22.7 Å². The lowest BCUT2D eigenvalue weighted by Gasteiger charge is -2.13. The molecule has 10 nitrogen and oxygen atoms in total. The number of rotatable bonds is 7. The van der Waals surface area contributed by atoms with Crippen molar-refractivity contribution in [2.45, 2.75) is 5.03 Å². The molecule has 0 atom stereocenters. The van der Waals surface area contributed by atoms with Gasteiger partial charge < -0.3 is 14.8 Å². The maximum Gasteiger partial charge on any atom is 0.332 e. The summed E-state index contributed by atoms with van der Waals surface area (Å²) in [6.07, 6.45) is 0. The van der Waals surface area contributed by atoms with E-state index in [1.807, 2.05) is 12.1 Å². The Bertz CT molecular complexity index is 1580. The van der Waals surface area contributed by atoms with E-state index in [4.69, 9.17) is 9.47 Å². The average molecular weight is 572 g/mol. The molecule has 4 aromatic rings. The minimum absolute atomic E-state index is 0.0143. The monoisotopic (exact) mass is 571 g/mol. The quantitative estimate of drug-likeness (QED) is 0.265. The minimum Gasteiger partial charge on any atom is -0.493 e. The lowest BCUT2D eigenvalue weighted by Crippen LogP contribution is -2.37. The first kappa shape index (κ1) is 25.5. The van der Waals surface area contributed by atoms with Crippen molar-refractivity contribution in [2.75, 3.05) is 25.3 Å². The van der Waals surface area contributed by atoms with E-state index >= 15 is 0 Å². The van der Waals surface area contributed by atoms with Crippen LogP contribution in [-0.2, 0) is 18.9 Å². The first-order valence-electron chi connectivity index (χ1n) is 10.6. The Morgan fingerprint density at radius 3 is 2.36 bits per heavy atom. The molecule has 12 heteroatoms. The molecular weight excluding hydrogens is 550 g/mol. The van der Waals surface area contributed by atoms with Crippen molar-refractivity contribution >= 4 is 50.3 Å². The number of ether oxygens (including phenoxy) is 2. The Morgan fingerprint density at radius 2 is 1.69 bits per heavy atom. The number of aryl methyl sites for hydroxylation is 1. The Morgan fingerprint density at radius 1 is 1.00 bits per heavy atom. The number of hydrogen-bond donors (Lipinski definition) is 1. The normalized spacial score (nSPS) is 10.9. The SMILES string of the molecule is COc1ccc(-c2nc(SCC(=O)Nc3ccc(Br)cc3)c3c(=O)n(C)c(=O)n(C)c3n2)cc1OC. The molecule has 1 amide bonds. The zero-order valence-corrected chi connectivity index (χ0v) is 22.3. The number of fused-ring (bicyclic) bond motifs is 1. The van der Waals surface area contributed by atoms with Crippen LogP contribution in [0.15, 0.2) is 61.6 Å². The van der Waals surface area contributed by atoms with Gasteiger partial charge in [-0.3, -0.25) is 18.7 Å². The van der Waals surface area contributed by atoms with Crippen molar-refractivity contribution in [1.29, 1.82) is 0 Å². The molecule has 2 aromatic carbocycles. The molecule has 2 aromatic heterocycles. The average Bonchev–Trinajstić information content (AvgIpc) is 2.89. The zero-order chi connectivity index (χ0) is 26.0. The first-order chi connectivity index (χ1) is 17.2. The topological polar surface area (TPSA) is 117 Å². The second kappa shape index (κ2) is 10.5. The standard InChI is InChI=1S/C24H22BrN5O5S/c1-29-21-19(23(32)30(2)24(29)33)22(36-12-18(31)26-15-8-6-14(25)7-9-15)28-20(27-21)13-5-10-16(34-3)17(11-13)35-4/h5-11H,12H2,1-4H3,(H,26,31). The van der Waals surface area contributed by atoms with Gasteiger partial charge in [-0.25, -0.2) is 14.8 Å². The van der Waals surface area contributed by atoms with Gasteiger partial charge in [0, 0.05) is 29.8 Å². The summed E-state index contributed by atoms with van der Waals surface area (Å²) in [4.78, 5) is 47.4. The predicted octanol–water partition coefficient (Wildman–Crippen LogP) is 3.20. The van der Waals surface area contributed by atoms with Gasteiger partial charge in [-0.1, -0.05) is 27.7 Å². The van der Waals surface area contributed by atoms with Crippen molar-refractivity contribution in [1.82, 2.24) is 19.1 Å². The fourth-order valence-corrected chi connectivity index (χ4v) is 4.58. The third kappa shape index (κ3) is 5.00. The molecule has 0 saturated carbocycles. The van der Waals surface area contributed by atoms with Gasteiger partial charge in [0.2, 0.25) is 5.91 Å². The second-order valence-electron chi connectivity index (χ2n) is 7.67.